The van der Waals surface area contributed by atoms with Crippen LogP contribution in [0.25, 0.3) is 0 Å². The molecule has 21 heavy (non-hydrogen) atoms. The van der Waals surface area contributed by atoms with Gasteiger partial charge < -0.3 is 9.84 Å². The van der Waals surface area contributed by atoms with Crippen LogP contribution in [0.15, 0.2) is 22.7 Å². The van der Waals surface area contributed by atoms with Crippen molar-refractivity contribution >= 4 is 11.6 Å². The van der Waals surface area contributed by atoms with Crippen LogP contribution in [0, 0.1) is 11.7 Å². The van der Waals surface area contributed by atoms with Gasteiger partial charge >= 0.3 is 0 Å². The van der Waals surface area contributed by atoms with Gasteiger partial charge in [0.15, 0.2) is 5.82 Å². The number of aromatic nitrogens is 2. The summed E-state index contributed by atoms with van der Waals surface area (Å²) in [5, 5.41) is 7.80. The van der Waals surface area contributed by atoms with E-state index >= 15 is 0 Å². The Morgan fingerprint density at radius 1 is 1.48 bits per heavy atom. The average molecular weight is 310 g/mol. The maximum Gasteiger partial charge on any atom is 0.244 e. The minimum absolute atomic E-state index is 0.115. The van der Waals surface area contributed by atoms with Gasteiger partial charge in [-0.15, -0.1) is 0 Å². The van der Waals surface area contributed by atoms with Gasteiger partial charge in [0.05, 0.1) is 6.04 Å². The van der Waals surface area contributed by atoms with Gasteiger partial charge in [0.1, 0.15) is 5.82 Å². The highest BCUT2D eigenvalue weighted by molar-refractivity contribution is 6.31. The van der Waals surface area contributed by atoms with Crippen LogP contribution in [0.1, 0.15) is 43.1 Å². The van der Waals surface area contributed by atoms with Crippen molar-refractivity contribution in [2.45, 2.75) is 32.2 Å². The molecule has 3 rings (SSSR count). The van der Waals surface area contributed by atoms with Crippen molar-refractivity contribution in [1.29, 1.82) is 0 Å². The third-order valence-corrected chi connectivity index (χ3v) is 4.23. The highest BCUT2D eigenvalue weighted by Gasteiger charge is 2.27. The molecule has 0 amide bonds. The Morgan fingerprint density at radius 3 is 3.10 bits per heavy atom. The molecule has 1 aromatic carbocycles. The third kappa shape index (κ3) is 3.24. The summed E-state index contributed by atoms with van der Waals surface area (Å²) in [6.07, 6.45) is 2.76. The standard InChI is InChI=1S/C15H17ClFN3O/c1-9-3-2-6-18-14(9)15-19-13(20-21-15)7-10-4-5-11(17)8-12(10)16/h4-5,8-9,14,18H,2-3,6-7H2,1H3. The van der Waals surface area contributed by atoms with Gasteiger partial charge in [-0.05, 0) is 43.0 Å². The molecular formula is C15H17ClFN3O. The lowest BCUT2D eigenvalue weighted by Gasteiger charge is -2.26. The summed E-state index contributed by atoms with van der Waals surface area (Å²) in [5.74, 6) is 1.31. The van der Waals surface area contributed by atoms with Crippen LogP contribution >= 0.6 is 11.6 Å². The van der Waals surface area contributed by atoms with E-state index in [0.717, 1.165) is 18.5 Å². The molecule has 1 aliphatic heterocycles. The smallest absolute Gasteiger partial charge is 0.244 e. The van der Waals surface area contributed by atoms with Crippen LogP contribution in [-0.4, -0.2) is 16.7 Å². The van der Waals surface area contributed by atoms with Crippen LogP contribution in [-0.2, 0) is 6.42 Å². The molecular weight excluding hydrogens is 293 g/mol. The second-order valence-corrected chi connectivity index (χ2v) is 5.92. The number of benzene rings is 1. The fourth-order valence-corrected chi connectivity index (χ4v) is 2.92. The molecule has 2 unspecified atom stereocenters. The SMILES string of the molecule is CC1CCCNC1c1nc(Cc2ccc(F)cc2Cl)no1. The molecule has 1 N–H and O–H groups in total. The highest BCUT2D eigenvalue weighted by Crippen LogP contribution is 2.28. The Morgan fingerprint density at radius 2 is 2.33 bits per heavy atom. The number of nitrogens with zero attached hydrogens (tertiary/aromatic N) is 2. The van der Waals surface area contributed by atoms with Crippen LogP contribution in [0.4, 0.5) is 4.39 Å². The van der Waals surface area contributed by atoms with E-state index in [9.17, 15) is 4.39 Å². The van der Waals surface area contributed by atoms with Gasteiger partial charge in [0.2, 0.25) is 5.89 Å². The number of nitrogens with one attached hydrogen (secondary N) is 1. The van der Waals surface area contributed by atoms with Crippen molar-refractivity contribution < 1.29 is 8.91 Å². The summed E-state index contributed by atoms with van der Waals surface area (Å²) in [6, 6.07) is 4.44. The Labute approximate surface area is 127 Å². The summed E-state index contributed by atoms with van der Waals surface area (Å²) in [5.41, 5.74) is 0.787. The molecule has 2 atom stereocenters. The van der Waals surface area contributed by atoms with E-state index in [1.54, 1.807) is 6.07 Å². The van der Waals surface area contributed by atoms with Crippen molar-refractivity contribution in [1.82, 2.24) is 15.5 Å². The molecule has 1 aromatic heterocycles. The first-order valence-corrected chi connectivity index (χ1v) is 7.51. The fourth-order valence-electron chi connectivity index (χ4n) is 2.68. The average Bonchev–Trinajstić information content (AvgIpc) is 2.91. The molecule has 2 aromatic rings. The lowest BCUT2D eigenvalue weighted by Crippen LogP contribution is -2.33. The molecule has 0 aliphatic carbocycles. The molecule has 0 spiro atoms. The Balaban J connectivity index is 1.75. The quantitative estimate of drug-likeness (QED) is 0.942. The molecule has 1 fully saturated rings. The molecule has 1 aliphatic rings. The second kappa shape index (κ2) is 6.12. The van der Waals surface area contributed by atoms with Gasteiger partial charge in [-0.25, -0.2) is 4.39 Å². The van der Waals surface area contributed by atoms with E-state index < -0.39 is 0 Å². The predicted octanol–water partition coefficient (Wildman–Crippen LogP) is 3.51. The fraction of sp³-hybridized carbons (Fsp3) is 0.467. The molecule has 6 heteroatoms. The van der Waals surface area contributed by atoms with Gasteiger partial charge in [-0.1, -0.05) is 29.7 Å². The zero-order valence-corrected chi connectivity index (χ0v) is 12.5. The highest BCUT2D eigenvalue weighted by atomic mass is 35.5. The first-order chi connectivity index (χ1) is 10.1. The van der Waals surface area contributed by atoms with Crippen molar-refractivity contribution in [2.75, 3.05) is 6.54 Å². The van der Waals surface area contributed by atoms with Crippen LogP contribution < -0.4 is 5.32 Å². The number of piperidine rings is 1. The van der Waals surface area contributed by atoms with E-state index in [2.05, 4.69) is 22.4 Å². The summed E-state index contributed by atoms with van der Waals surface area (Å²) in [6.45, 7) is 3.15. The normalized spacial score (nSPS) is 22.4. The molecule has 112 valence electrons. The molecule has 0 bridgehead atoms. The van der Waals surface area contributed by atoms with Gasteiger partial charge in [-0.2, -0.15) is 4.98 Å². The van der Waals surface area contributed by atoms with Crippen LogP contribution in [0.3, 0.4) is 0 Å². The molecule has 4 nitrogen and oxygen atoms in total. The Kier molecular flexibility index (Phi) is 4.22. The predicted molar refractivity (Wildman–Crippen MR) is 77.7 cm³/mol. The monoisotopic (exact) mass is 309 g/mol. The molecule has 1 saturated heterocycles. The first-order valence-electron chi connectivity index (χ1n) is 7.13. The third-order valence-electron chi connectivity index (χ3n) is 3.88. The Hall–Kier alpha value is -1.46. The van der Waals surface area contributed by atoms with Crippen molar-refractivity contribution in [2.24, 2.45) is 5.92 Å². The van der Waals surface area contributed by atoms with Crippen molar-refractivity contribution in [3.05, 3.63) is 46.3 Å². The zero-order valence-electron chi connectivity index (χ0n) is 11.8. The van der Waals surface area contributed by atoms with E-state index in [-0.39, 0.29) is 11.9 Å². The maximum absolute atomic E-state index is 13.0. The van der Waals surface area contributed by atoms with Crippen molar-refractivity contribution in [3.63, 3.8) is 0 Å². The number of hydrogen-bond donors (Lipinski definition) is 1. The lowest BCUT2D eigenvalue weighted by molar-refractivity contribution is 0.239. The second-order valence-electron chi connectivity index (χ2n) is 5.51. The topological polar surface area (TPSA) is 51.0 Å². The number of hydrogen-bond acceptors (Lipinski definition) is 4. The Bertz CT molecular complexity index is 631. The van der Waals surface area contributed by atoms with Gasteiger partial charge in [0, 0.05) is 11.4 Å². The molecule has 0 saturated carbocycles. The van der Waals surface area contributed by atoms with Gasteiger partial charge in [-0.3, -0.25) is 0 Å². The number of rotatable bonds is 3. The van der Waals surface area contributed by atoms with Gasteiger partial charge in [0.25, 0.3) is 0 Å². The molecule has 2 heterocycles. The summed E-state index contributed by atoms with van der Waals surface area (Å²) in [7, 11) is 0. The minimum atomic E-state index is -0.349. The van der Waals surface area contributed by atoms with E-state index in [1.807, 2.05) is 0 Å². The summed E-state index contributed by atoms with van der Waals surface area (Å²) in [4.78, 5) is 4.45. The van der Waals surface area contributed by atoms with Crippen LogP contribution in [0.5, 0.6) is 0 Å². The summed E-state index contributed by atoms with van der Waals surface area (Å²) >= 11 is 6.02. The van der Waals surface area contributed by atoms with E-state index in [1.165, 1.54) is 18.6 Å². The zero-order chi connectivity index (χ0) is 14.8. The van der Waals surface area contributed by atoms with Crippen molar-refractivity contribution in [3.8, 4) is 0 Å². The van der Waals surface area contributed by atoms with Crippen LogP contribution in [0.2, 0.25) is 5.02 Å². The maximum atomic E-state index is 13.0. The molecule has 0 radical (unpaired) electrons. The van der Waals surface area contributed by atoms with E-state index in [4.69, 9.17) is 16.1 Å². The number of halogens is 2. The summed E-state index contributed by atoms with van der Waals surface area (Å²) < 4.78 is 18.4. The largest absolute Gasteiger partial charge is 0.338 e. The first kappa shape index (κ1) is 14.5. The minimum Gasteiger partial charge on any atom is -0.338 e. The lowest BCUT2D eigenvalue weighted by atomic mass is 9.93. The van der Waals surface area contributed by atoms with E-state index in [0.29, 0.717) is 29.1 Å².